The molecular weight excluding hydrogens is 396 g/mol. The molecule has 4 amide bonds. The summed E-state index contributed by atoms with van der Waals surface area (Å²) in [6.07, 6.45) is 0.246. The topological polar surface area (TPSA) is 108 Å². The van der Waals surface area contributed by atoms with Crippen LogP contribution < -0.4 is 16.0 Å². The molecule has 0 spiro atoms. The van der Waals surface area contributed by atoms with E-state index in [1.54, 1.807) is 12.1 Å². The first-order valence-electron chi connectivity index (χ1n) is 10.3. The van der Waals surface area contributed by atoms with Crippen molar-refractivity contribution in [2.45, 2.75) is 38.5 Å². The van der Waals surface area contributed by atoms with E-state index in [0.29, 0.717) is 29.8 Å². The van der Waals surface area contributed by atoms with Gasteiger partial charge in [0.25, 0.3) is 11.8 Å². The van der Waals surface area contributed by atoms with Gasteiger partial charge in [-0.15, -0.1) is 0 Å². The van der Waals surface area contributed by atoms with Gasteiger partial charge in [-0.05, 0) is 36.2 Å². The molecule has 8 heteroatoms. The highest BCUT2D eigenvalue weighted by molar-refractivity contribution is 6.24. The Kier molecular flexibility index (Phi) is 5.92. The molecule has 4 rings (SSSR count). The van der Waals surface area contributed by atoms with Crippen LogP contribution in [0.15, 0.2) is 42.5 Å². The highest BCUT2D eigenvalue weighted by Crippen LogP contribution is 2.30. The van der Waals surface area contributed by atoms with Crippen LogP contribution >= 0.6 is 0 Å². The number of nitrogens with one attached hydrogen (secondary N) is 3. The third-order valence-electron chi connectivity index (χ3n) is 5.67. The Balaban J connectivity index is 1.51. The van der Waals surface area contributed by atoms with Gasteiger partial charge in [0, 0.05) is 26.1 Å². The largest absolute Gasteiger partial charge is 0.316 e. The lowest BCUT2D eigenvalue weighted by Gasteiger charge is -2.27. The van der Waals surface area contributed by atoms with Crippen LogP contribution in [0, 0.1) is 0 Å². The Morgan fingerprint density at radius 2 is 1.58 bits per heavy atom. The summed E-state index contributed by atoms with van der Waals surface area (Å²) in [4.78, 5) is 50.7. The molecular formula is C23H24N4O4. The van der Waals surface area contributed by atoms with Gasteiger partial charge in [0.1, 0.15) is 6.04 Å². The second-order valence-corrected chi connectivity index (χ2v) is 7.69. The Morgan fingerprint density at radius 1 is 0.903 bits per heavy atom. The van der Waals surface area contributed by atoms with Gasteiger partial charge >= 0.3 is 0 Å². The van der Waals surface area contributed by atoms with Crippen LogP contribution in [0.4, 0.5) is 0 Å². The van der Waals surface area contributed by atoms with Gasteiger partial charge in [0.05, 0.1) is 11.1 Å². The molecule has 31 heavy (non-hydrogen) atoms. The van der Waals surface area contributed by atoms with Crippen LogP contribution in [0.1, 0.15) is 50.2 Å². The maximum atomic E-state index is 13.1. The number of amides is 4. The second-order valence-electron chi connectivity index (χ2n) is 7.69. The van der Waals surface area contributed by atoms with Crippen LogP contribution in [0.5, 0.6) is 0 Å². The molecule has 0 radical (unpaired) electrons. The molecule has 1 fully saturated rings. The van der Waals surface area contributed by atoms with Crippen LogP contribution in [-0.2, 0) is 29.2 Å². The molecule has 160 valence electrons. The number of piperidine rings is 1. The Hall–Kier alpha value is -3.36. The maximum Gasteiger partial charge on any atom is 0.262 e. The zero-order valence-electron chi connectivity index (χ0n) is 17.2. The minimum atomic E-state index is -0.959. The highest BCUT2D eigenvalue weighted by atomic mass is 16.2. The summed E-state index contributed by atoms with van der Waals surface area (Å²) in [6, 6.07) is 12.3. The Morgan fingerprint density at radius 3 is 2.29 bits per heavy atom. The first-order valence-corrected chi connectivity index (χ1v) is 10.3. The average molecular weight is 420 g/mol. The van der Waals surface area contributed by atoms with Crippen molar-refractivity contribution in [3.05, 3.63) is 70.3 Å². The van der Waals surface area contributed by atoms with Crippen molar-refractivity contribution >= 4 is 23.6 Å². The van der Waals surface area contributed by atoms with Crippen molar-refractivity contribution in [3.63, 3.8) is 0 Å². The summed E-state index contributed by atoms with van der Waals surface area (Å²) in [5.41, 5.74) is 3.66. The van der Waals surface area contributed by atoms with Crippen LogP contribution in [0.25, 0.3) is 0 Å². The van der Waals surface area contributed by atoms with Crippen molar-refractivity contribution in [2.24, 2.45) is 0 Å². The molecule has 1 unspecified atom stereocenters. The van der Waals surface area contributed by atoms with E-state index < -0.39 is 23.8 Å². The molecule has 0 aliphatic carbocycles. The summed E-state index contributed by atoms with van der Waals surface area (Å²) in [5.74, 6) is -1.97. The molecule has 8 nitrogen and oxygen atoms in total. The monoisotopic (exact) mass is 420 g/mol. The molecule has 1 saturated heterocycles. The van der Waals surface area contributed by atoms with Crippen molar-refractivity contribution in [3.8, 4) is 0 Å². The van der Waals surface area contributed by atoms with Gasteiger partial charge in [0.2, 0.25) is 11.8 Å². The molecule has 2 aliphatic heterocycles. The number of benzene rings is 2. The lowest BCUT2D eigenvalue weighted by molar-refractivity contribution is -0.136. The number of rotatable bonds is 7. The summed E-state index contributed by atoms with van der Waals surface area (Å²) in [7, 11) is 1.90. The molecule has 0 aromatic heterocycles. The number of hydrogen-bond donors (Lipinski definition) is 3. The van der Waals surface area contributed by atoms with E-state index in [1.165, 1.54) is 5.56 Å². The van der Waals surface area contributed by atoms with E-state index in [4.69, 9.17) is 0 Å². The normalized spacial score (nSPS) is 18.4. The summed E-state index contributed by atoms with van der Waals surface area (Å²) in [6.45, 7) is 1.77. The molecule has 0 saturated carbocycles. The van der Waals surface area contributed by atoms with E-state index in [1.807, 2.05) is 25.2 Å². The minimum Gasteiger partial charge on any atom is -0.316 e. The van der Waals surface area contributed by atoms with Gasteiger partial charge in [-0.1, -0.05) is 36.4 Å². The summed E-state index contributed by atoms with van der Waals surface area (Å²) in [5, 5.41) is 8.72. The standard InChI is InChI=1S/C23H24N4O4/c1-24-11-14-5-2-3-6-15(14)12-25-13-16-7-4-8-17-20(16)23(31)27(22(17)30)18-9-10-19(28)26-21(18)29/h2-8,18,24-25H,9-13H2,1H3,(H,26,28,29). The number of carbonyl (C=O) groups excluding carboxylic acids is 4. The van der Waals surface area contributed by atoms with E-state index in [2.05, 4.69) is 28.1 Å². The van der Waals surface area contributed by atoms with Crippen molar-refractivity contribution in [2.75, 3.05) is 7.05 Å². The lowest BCUT2D eigenvalue weighted by Crippen LogP contribution is -2.54. The minimum absolute atomic E-state index is 0.101. The molecule has 2 heterocycles. The predicted octanol–water partition coefficient (Wildman–Crippen LogP) is 1.10. The van der Waals surface area contributed by atoms with Gasteiger partial charge in [-0.25, -0.2) is 0 Å². The summed E-state index contributed by atoms with van der Waals surface area (Å²) < 4.78 is 0. The number of nitrogens with zero attached hydrogens (tertiary/aromatic N) is 1. The average Bonchev–Trinajstić information content (AvgIpc) is 3.01. The zero-order chi connectivity index (χ0) is 22.0. The van der Waals surface area contributed by atoms with Crippen LogP contribution in [0.2, 0.25) is 0 Å². The van der Waals surface area contributed by atoms with Gasteiger partial charge in [-0.3, -0.25) is 29.4 Å². The van der Waals surface area contributed by atoms with Gasteiger partial charge in [-0.2, -0.15) is 0 Å². The third kappa shape index (κ3) is 3.99. The fourth-order valence-corrected chi connectivity index (χ4v) is 4.16. The lowest BCUT2D eigenvalue weighted by atomic mass is 10.0. The van der Waals surface area contributed by atoms with E-state index in [9.17, 15) is 19.2 Å². The predicted molar refractivity (Wildman–Crippen MR) is 113 cm³/mol. The van der Waals surface area contributed by atoms with Crippen molar-refractivity contribution in [1.29, 1.82) is 0 Å². The summed E-state index contributed by atoms with van der Waals surface area (Å²) >= 11 is 0. The SMILES string of the molecule is CNCc1ccccc1CNCc1cccc2c1C(=O)N(C1CCC(=O)NC1=O)C2=O. The smallest absolute Gasteiger partial charge is 0.262 e. The quantitative estimate of drug-likeness (QED) is 0.579. The van der Waals surface area contributed by atoms with Gasteiger partial charge in [0.15, 0.2) is 0 Å². The highest BCUT2D eigenvalue weighted by Gasteiger charge is 2.45. The van der Waals surface area contributed by atoms with Crippen molar-refractivity contribution in [1.82, 2.24) is 20.9 Å². The Bertz CT molecular complexity index is 1070. The molecule has 1 atom stereocenters. The van der Waals surface area contributed by atoms with E-state index in [-0.39, 0.29) is 18.7 Å². The fourth-order valence-electron chi connectivity index (χ4n) is 4.16. The fraction of sp³-hybridized carbons (Fsp3) is 0.304. The van der Waals surface area contributed by atoms with Gasteiger partial charge < -0.3 is 10.6 Å². The molecule has 2 aromatic carbocycles. The first kappa shape index (κ1) is 20.9. The van der Waals surface area contributed by atoms with Crippen molar-refractivity contribution < 1.29 is 19.2 Å². The second kappa shape index (κ2) is 8.79. The number of hydrogen-bond acceptors (Lipinski definition) is 6. The first-order chi connectivity index (χ1) is 15.0. The van der Waals surface area contributed by atoms with E-state index >= 15 is 0 Å². The van der Waals surface area contributed by atoms with E-state index in [0.717, 1.165) is 17.0 Å². The van der Waals surface area contributed by atoms with Crippen LogP contribution in [0.3, 0.4) is 0 Å². The molecule has 2 aliphatic rings. The molecule has 0 bridgehead atoms. The number of fused-ring (bicyclic) bond motifs is 1. The third-order valence-corrected chi connectivity index (χ3v) is 5.67. The Labute approximate surface area is 180 Å². The number of carbonyl (C=O) groups is 4. The maximum absolute atomic E-state index is 13.1. The molecule has 3 N–H and O–H groups in total. The zero-order valence-corrected chi connectivity index (χ0v) is 17.2. The number of imide groups is 2. The van der Waals surface area contributed by atoms with Crippen LogP contribution in [-0.4, -0.2) is 41.6 Å². The molecule has 2 aromatic rings.